The molecule has 1 heterocycles. The average Bonchev–Trinajstić information content (AvgIpc) is 2.69. The molecule has 0 spiro atoms. The van der Waals surface area contributed by atoms with Crippen molar-refractivity contribution in [1.29, 1.82) is 0 Å². The summed E-state index contributed by atoms with van der Waals surface area (Å²) in [6.45, 7) is 0. The summed E-state index contributed by atoms with van der Waals surface area (Å²) in [5.41, 5.74) is 1.80. The normalized spacial score (nSPS) is 10.2. The van der Waals surface area contributed by atoms with Crippen molar-refractivity contribution in [1.82, 2.24) is 4.98 Å². The zero-order valence-electron chi connectivity index (χ0n) is 14.8. The maximum absolute atomic E-state index is 12.3. The summed E-state index contributed by atoms with van der Waals surface area (Å²) in [6, 6.07) is 15.7. The molecule has 27 heavy (non-hydrogen) atoms. The van der Waals surface area contributed by atoms with E-state index < -0.39 is 0 Å². The van der Waals surface area contributed by atoms with E-state index in [4.69, 9.17) is 21.1 Å². The molecule has 0 fully saturated rings. The quantitative estimate of drug-likeness (QED) is 0.642. The number of anilines is 3. The van der Waals surface area contributed by atoms with E-state index >= 15 is 0 Å². The topological polar surface area (TPSA) is 72.5 Å². The Kier molecular flexibility index (Phi) is 5.78. The van der Waals surface area contributed by atoms with Crippen molar-refractivity contribution < 1.29 is 14.3 Å². The number of rotatable bonds is 6. The second-order valence-electron chi connectivity index (χ2n) is 5.58. The summed E-state index contributed by atoms with van der Waals surface area (Å²) in [5.74, 6) is 1.68. The molecule has 0 aliphatic heterocycles. The lowest BCUT2D eigenvalue weighted by Gasteiger charge is -2.11. The maximum atomic E-state index is 12.3. The molecule has 3 rings (SSSR count). The second-order valence-corrected chi connectivity index (χ2v) is 6.02. The van der Waals surface area contributed by atoms with Gasteiger partial charge in [0.2, 0.25) is 0 Å². The third-order valence-corrected chi connectivity index (χ3v) is 4.03. The van der Waals surface area contributed by atoms with Crippen LogP contribution in [-0.4, -0.2) is 25.1 Å². The van der Waals surface area contributed by atoms with Gasteiger partial charge in [-0.15, -0.1) is 0 Å². The predicted octanol–water partition coefficient (Wildman–Crippen LogP) is 4.75. The van der Waals surface area contributed by atoms with Gasteiger partial charge in [0.15, 0.2) is 0 Å². The summed E-state index contributed by atoms with van der Waals surface area (Å²) in [7, 11) is 3.17. The summed E-state index contributed by atoms with van der Waals surface area (Å²) >= 11 is 6.03. The Bertz CT molecular complexity index is 928. The third-order valence-electron chi connectivity index (χ3n) is 3.80. The Balaban J connectivity index is 1.69. The molecule has 2 N–H and O–H groups in total. The number of aromatic nitrogens is 1. The number of halogens is 1. The minimum atomic E-state index is -0.250. The van der Waals surface area contributed by atoms with Gasteiger partial charge in [0, 0.05) is 16.9 Å². The first-order valence-electron chi connectivity index (χ1n) is 8.11. The SMILES string of the molecule is COc1ccc(NC(=O)c2ccc(Nc3cc(Cl)ccc3OC)nc2)cc1. The Morgan fingerprint density at radius 1 is 1.00 bits per heavy atom. The fourth-order valence-corrected chi connectivity index (χ4v) is 2.57. The van der Waals surface area contributed by atoms with Gasteiger partial charge in [0.05, 0.1) is 25.5 Å². The Labute approximate surface area is 162 Å². The summed E-state index contributed by atoms with van der Waals surface area (Å²) < 4.78 is 10.4. The Morgan fingerprint density at radius 3 is 2.41 bits per heavy atom. The van der Waals surface area contributed by atoms with E-state index in [1.54, 1.807) is 68.8 Å². The molecule has 1 aromatic heterocycles. The molecule has 0 unspecified atom stereocenters. The third kappa shape index (κ3) is 4.68. The number of nitrogens with zero attached hydrogens (tertiary/aromatic N) is 1. The molecule has 0 aliphatic rings. The Hall–Kier alpha value is -3.25. The molecule has 0 aliphatic carbocycles. The smallest absolute Gasteiger partial charge is 0.257 e. The molecule has 0 saturated carbocycles. The number of nitrogens with one attached hydrogen (secondary N) is 2. The highest BCUT2D eigenvalue weighted by Crippen LogP contribution is 2.29. The fourth-order valence-electron chi connectivity index (χ4n) is 2.40. The number of methoxy groups -OCH3 is 2. The highest BCUT2D eigenvalue weighted by Gasteiger charge is 2.09. The van der Waals surface area contributed by atoms with E-state index in [0.717, 1.165) is 5.75 Å². The first kappa shape index (κ1) is 18.5. The van der Waals surface area contributed by atoms with Crippen molar-refractivity contribution in [2.75, 3.05) is 24.9 Å². The number of hydrogen-bond donors (Lipinski definition) is 2. The molecule has 1 amide bonds. The van der Waals surface area contributed by atoms with E-state index in [-0.39, 0.29) is 5.91 Å². The zero-order valence-corrected chi connectivity index (χ0v) is 15.6. The summed E-state index contributed by atoms with van der Waals surface area (Å²) in [6.07, 6.45) is 1.50. The fraction of sp³-hybridized carbons (Fsp3) is 0.100. The monoisotopic (exact) mass is 383 g/mol. The first-order chi connectivity index (χ1) is 13.1. The van der Waals surface area contributed by atoms with Gasteiger partial charge >= 0.3 is 0 Å². The number of pyridine rings is 1. The molecule has 3 aromatic rings. The zero-order chi connectivity index (χ0) is 19.2. The average molecular weight is 384 g/mol. The van der Waals surface area contributed by atoms with Gasteiger partial charge in [-0.2, -0.15) is 0 Å². The Morgan fingerprint density at radius 2 is 1.78 bits per heavy atom. The number of carbonyl (C=O) groups excluding carboxylic acids is 1. The predicted molar refractivity (Wildman–Crippen MR) is 106 cm³/mol. The van der Waals surface area contributed by atoms with Crippen molar-refractivity contribution in [3.63, 3.8) is 0 Å². The van der Waals surface area contributed by atoms with E-state index in [1.165, 1.54) is 6.20 Å². The molecule has 0 saturated heterocycles. The van der Waals surface area contributed by atoms with Crippen LogP contribution < -0.4 is 20.1 Å². The van der Waals surface area contributed by atoms with Crippen LogP contribution in [0.3, 0.4) is 0 Å². The van der Waals surface area contributed by atoms with Gasteiger partial charge in [-0.25, -0.2) is 4.98 Å². The van der Waals surface area contributed by atoms with E-state index in [9.17, 15) is 4.79 Å². The molecule has 2 aromatic carbocycles. The molecule has 0 bridgehead atoms. The van der Waals surface area contributed by atoms with E-state index in [2.05, 4.69) is 15.6 Å². The van der Waals surface area contributed by atoms with Crippen LogP contribution in [0.2, 0.25) is 5.02 Å². The van der Waals surface area contributed by atoms with Crippen molar-refractivity contribution in [3.05, 3.63) is 71.4 Å². The van der Waals surface area contributed by atoms with Crippen LogP contribution in [0.5, 0.6) is 11.5 Å². The van der Waals surface area contributed by atoms with E-state index in [0.29, 0.717) is 33.5 Å². The molecule has 7 heteroatoms. The molecule has 138 valence electrons. The van der Waals surface area contributed by atoms with Crippen LogP contribution >= 0.6 is 11.6 Å². The van der Waals surface area contributed by atoms with Gasteiger partial charge < -0.3 is 20.1 Å². The largest absolute Gasteiger partial charge is 0.497 e. The molecule has 6 nitrogen and oxygen atoms in total. The molecule has 0 radical (unpaired) electrons. The highest BCUT2D eigenvalue weighted by atomic mass is 35.5. The first-order valence-corrected chi connectivity index (χ1v) is 8.49. The summed E-state index contributed by atoms with van der Waals surface area (Å²) in [4.78, 5) is 16.6. The lowest BCUT2D eigenvalue weighted by Crippen LogP contribution is -2.12. The standard InChI is InChI=1S/C20H18ClN3O3/c1-26-16-7-5-15(6-8-16)23-20(25)13-3-10-19(22-12-13)24-17-11-14(21)4-9-18(17)27-2/h3-12H,1-2H3,(H,22,24)(H,23,25). The van der Waals surface area contributed by atoms with Crippen LogP contribution in [-0.2, 0) is 0 Å². The number of benzene rings is 2. The summed E-state index contributed by atoms with van der Waals surface area (Å²) in [5, 5.41) is 6.52. The van der Waals surface area contributed by atoms with Crippen LogP contribution in [0.25, 0.3) is 0 Å². The van der Waals surface area contributed by atoms with Crippen molar-refractivity contribution >= 4 is 34.7 Å². The lowest BCUT2D eigenvalue weighted by atomic mass is 10.2. The highest BCUT2D eigenvalue weighted by molar-refractivity contribution is 6.31. The number of carbonyl (C=O) groups is 1. The van der Waals surface area contributed by atoms with Gasteiger partial charge in [-0.3, -0.25) is 4.79 Å². The maximum Gasteiger partial charge on any atom is 0.257 e. The van der Waals surface area contributed by atoms with E-state index in [1.807, 2.05) is 0 Å². The van der Waals surface area contributed by atoms with Gasteiger partial charge in [-0.05, 0) is 54.6 Å². The van der Waals surface area contributed by atoms with Crippen LogP contribution in [0.15, 0.2) is 60.8 Å². The van der Waals surface area contributed by atoms with Crippen LogP contribution in [0.1, 0.15) is 10.4 Å². The van der Waals surface area contributed by atoms with Crippen molar-refractivity contribution in [3.8, 4) is 11.5 Å². The van der Waals surface area contributed by atoms with Crippen LogP contribution in [0, 0.1) is 0 Å². The molecular formula is C20H18ClN3O3. The number of amides is 1. The number of ether oxygens (including phenoxy) is 2. The molecular weight excluding hydrogens is 366 g/mol. The second kappa shape index (κ2) is 8.42. The van der Waals surface area contributed by atoms with Crippen molar-refractivity contribution in [2.24, 2.45) is 0 Å². The van der Waals surface area contributed by atoms with Gasteiger partial charge in [0.1, 0.15) is 17.3 Å². The lowest BCUT2D eigenvalue weighted by molar-refractivity contribution is 0.102. The number of hydrogen-bond acceptors (Lipinski definition) is 5. The molecule has 0 atom stereocenters. The minimum absolute atomic E-state index is 0.250. The van der Waals surface area contributed by atoms with Crippen LogP contribution in [0.4, 0.5) is 17.2 Å². The van der Waals surface area contributed by atoms with Crippen molar-refractivity contribution in [2.45, 2.75) is 0 Å². The minimum Gasteiger partial charge on any atom is -0.497 e. The van der Waals surface area contributed by atoms with Gasteiger partial charge in [0.25, 0.3) is 5.91 Å². The van der Waals surface area contributed by atoms with Gasteiger partial charge in [-0.1, -0.05) is 11.6 Å².